The van der Waals surface area contributed by atoms with Crippen molar-refractivity contribution in [3.8, 4) is 0 Å². The number of hydrogen-bond acceptors (Lipinski definition) is 2. The van der Waals surface area contributed by atoms with Crippen LogP contribution in [0.25, 0.3) is 0 Å². The fourth-order valence-electron chi connectivity index (χ4n) is 2.46. The lowest BCUT2D eigenvalue weighted by atomic mass is 9.98. The predicted octanol–water partition coefficient (Wildman–Crippen LogP) is 2.70. The van der Waals surface area contributed by atoms with E-state index in [1.54, 1.807) is 0 Å². The predicted molar refractivity (Wildman–Crippen MR) is 64.6 cm³/mol. The van der Waals surface area contributed by atoms with Crippen molar-refractivity contribution in [3.63, 3.8) is 0 Å². The molecule has 2 nitrogen and oxygen atoms in total. The number of halogens is 1. The van der Waals surface area contributed by atoms with Gasteiger partial charge in [0.1, 0.15) is 0 Å². The maximum absolute atomic E-state index is 6.16. The maximum atomic E-state index is 6.16. The maximum Gasteiger partial charge on any atom is 0.0997 e. The molecule has 2 fully saturated rings. The highest BCUT2D eigenvalue weighted by atomic mass is 35.5. The van der Waals surface area contributed by atoms with E-state index in [1.807, 2.05) is 18.2 Å². The van der Waals surface area contributed by atoms with Gasteiger partial charge in [-0.05, 0) is 25.0 Å². The van der Waals surface area contributed by atoms with E-state index in [0.29, 0.717) is 6.10 Å². The Labute approximate surface area is 101 Å². The van der Waals surface area contributed by atoms with E-state index in [2.05, 4.69) is 17.9 Å². The fraction of sp³-hybridized carbons (Fsp3) is 0.538. The van der Waals surface area contributed by atoms with E-state index in [1.165, 1.54) is 5.56 Å². The van der Waals surface area contributed by atoms with Crippen molar-refractivity contribution in [1.29, 1.82) is 0 Å². The average Bonchev–Trinajstić information content (AvgIpc) is 2.93. The molecule has 1 aromatic rings. The summed E-state index contributed by atoms with van der Waals surface area (Å²) < 4.78 is 5.69. The molecule has 0 unspecified atom stereocenters. The van der Waals surface area contributed by atoms with Gasteiger partial charge >= 0.3 is 0 Å². The summed E-state index contributed by atoms with van der Waals surface area (Å²) in [7, 11) is 0. The normalized spacial score (nSPS) is 33.5. The Hall–Kier alpha value is -0.570. The Morgan fingerprint density at radius 3 is 3.06 bits per heavy atom. The van der Waals surface area contributed by atoms with Crippen LogP contribution in [0.1, 0.15) is 18.9 Å². The van der Waals surface area contributed by atoms with Gasteiger partial charge in [0, 0.05) is 24.7 Å². The molecule has 0 saturated carbocycles. The van der Waals surface area contributed by atoms with Crippen LogP contribution < -0.4 is 0 Å². The van der Waals surface area contributed by atoms with E-state index in [-0.39, 0.29) is 5.60 Å². The summed E-state index contributed by atoms with van der Waals surface area (Å²) in [5.74, 6) is 0. The first-order valence-electron chi connectivity index (χ1n) is 5.81. The lowest BCUT2D eigenvalue weighted by Crippen LogP contribution is -2.37. The molecule has 2 aliphatic rings. The molecule has 1 aromatic carbocycles. The number of rotatable bonds is 2. The summed E-state index contributed by atoms with van der Waals surface area (Å²) in [6.45, 7) is 5.31. The second-order valence-corrected chi connectivity index (χ2v) is 5.40. The number of hydrogen-bond donors (Lipinski definition) is 0. The molecule has 0 amide bonds. The van der Waals surface area contributed by atoms with Gasteiger partial charge in [0.25, 0.3) is 0 Å². The standard InChI is InChI=1S/C13H16ClNO/c1-13-6-7-15(9-12(13)16-13)8-10-4-2-3-5-11(10)14/h2-5,12H,6-9H2,1H3/t12-,13-/m0/s1. The van der Waals surface area contributed by atoms with E-state index < -0.39 is 0 Å². The molecular weight excluding hydrogens is 222 g/mol. The summed E-state index contributed by atoms with van der Waals surface area (Å²) >= 11 is 6.16. The molecule has 0 aliphatic carbocycles. The van der Waals surface area contributed by atoms with Crippen LogP contribution in [-0.2, 0) is 11.3 Å². The number of epoxide rings is 1. The van der Waals surface area contributed by atoms with E-state index in [4.69, 9.17) is 16.3 Å². The topological polar surface area (TPSA) is 15.8 Å². The van der Waals surface area contributed by atoms with Crippen LogP contribution in [0.5, 0.6) is 0 Å². The van der Waals surface area contributed by atoms with Crippen molar-refractivity contribution in [2.24, 2.45) is 0 Å². The average molecular weight is 238 g/mol. The molecule has 0 N–H and O–H groups in total. The summed E-state index contributed by atoms with van der Waals surface area (Å²) in [4.78, 5) is 2.43. The largest absolute Gasteiger partial charge is 0.365 e. The molecule has 0 spiro atoms. The zero-order valence-electron chi connectivity index (χ0n) is 9.45. The molecule has 0 bridgehead atoms. The molecule has 0 radical (unpaired) electrons. The first kappa shape index (κ1) is 10.6. The molecule has 0 aromatic heterocycles. The lowest BCUT2D eigenvalue weighted by Gasteiger charge is -2.27. The zero-order valence-corrected chi connectivity index (χ0v) is 10.2. The Morgan fingerprint density at radius 2 is 2.31 bits per heavy atom. The van der Waals surface area contributed by atoms with E-state index >= 15 is 0 Å². The van der Waals surface area contributed by atoms with Crippen LogP contribution in [0.4, 0.5) is 0 Å². The van der Waals surface area contributed by atoms with Crippen LogP contribution in [-0.4, -0.2) is 29.7 Å². The highest BCUT2D eigenvalue weighted by Gasteiger charge is 2.54. The van der Waals surface area contributed by atoms with Crippen molar-refractivity contribution in [3.05, 3.63) is 34.9 Å². The third kappa shape index (κ3) is 1.86. The Kier molecular flexibility index (Phi) is 2.46. The minimum Gasteiger partial charge on any atom is -0.365 e. The van der Waals surface area contributed by atoms with Crippen LogP contribution in [0.3, 0.4) is 0 Å². The molecule has 2 atom stereocenters. The van der Waals surface area contributed by atoms with Gasteiger partial charge in [-0.15, -0.1) is 0 Å². The number of benzene rings is 1. The molecule has 16 heavy (non-hydrogen) atoms. The highest BCUT2D eigenvalue weighted by Crippen LogP contribution is 2.43. The summed E-state index contributed by atoms with van der Waals surface area (Å²) in [5, 5.41) is 0.868. The Balaban J connectivity index is 1.66. The van der Waals surface area contributed by atoms with E-state index in [9.17, 15) is 0 Å². The van der Waals surface area contributed by atoms with Gasteiger partial charge in [-0.25, -0.2) is 0 Å². The van der Waals surface area contributed by atoms with E-state index in [0.717, 1.165) is 31.1 Å². The number of fused-ring (bicyclic) bond motifs is 1. The number of likely N-dealkylation sites (tertiary alicyclic amines) is 1. The van der Waals surface area contributed by atoms with Gasteiger partial charge in [0.05, 0.1) is 11.7 Å². The molecule has 3 rings (SSSR count). The highest BCUT2D eigenvalue weighted by molar-refractivity contribution is 6.31. The Bertz CT molecular complexity index is 409. The summed E-state index contributed by atoms with van der Waals surface area (Å²) in [6.07, 6.45) is 1.59. The van der Waals surface area contributed by atoms with Crippen LogP contribution in [0.2, 0.25) is 5.02 Å². The third-order valence-electron chi connectivity index (χ3n) is 3.74. The summed E-state index contributed by atoms with van der Waals surface area (Å²) in [5.41, 5.74) is 1.41. The first-order chi connectivity index (χ1) is 7.67. The van der Waals surface area contributed by atoms with Crippen LogP contribution in [0.15, 0.2) is 24.3 Å². The fourth-order valence-corrected chi connectivity index (χ4v) is 2.65. The van der Waals surface area contributed by atoms with Crippen molar-refractivity contribution in [2.75, 3.05) is 13.1 Å². The van der Waals surface area contributed by atoms with Gasteiger partial charge in [-0.1, -0.05) is 29.8 Å². The molecular formula is C13H16ClNO. The molecule has 2 aliphatic heterocycles. The SMILES string of the molecule is C[C@]12CCN(Cc3ccccc3Cl)C[C@@H]1O2. The molecule has 86 valence electrons. The van der Waals surface area contributed by atoms with Crippen molar-refractivity contribution >= 4 is 11.6 Å². The Morgan fingerprint density at radius 1 is 1.50 bits per heavy atom. The number of piperidine rings is 1. The van der Waals surface area contributed by atoms with Gasteiger partial charge in [0.15, 0.2) is 0 Å². The molecule has 2 heterocycles. The van der Waals surface area contributed by atoms with Gasteiger partial charge in [0.2, 0.25) is 0 Å². The second kappa shape index (κ2) is 3.73. The quantitative estimate of drug-likeness (QED) is 0.736. The third-order valence-corrected chi connectivity index (χ3v) is 4.10. The molecule has 3 heteroatoms. The van der Waals surface area contributed by atoms with Crippen molar-refractivity contribution in [2.45, 2.75) is 31.6 Å². The van der Waals surface area contributed by atoms with Crippen molar-refractivity contribution < 1.29 is 4.74 Å². The van der Waals surface area contributed by atoms with Gasteiger partial charge < -0.3 is 4.74 Å². The second-order valence-electron chi connectivity index (χ2n) is 5.00. The smallest absolute Gasteiger partial charge is 0.0997 e. The van der Waals surface area contributed by atoms with Crippen LogP contribution >= 0.6 is 11.6 Å². The lowest BCUT2D eigenvalue weighted by molar-refractivity contribution is 0.223. The minimum absolute atomic E-state index is 0.191. The monoisotopic (exact) mass is 237 g/mol. The zero-order chi connectivity index (χ0) is 11.2. The summed E-state index contributed by atoms with van der Waals surface area (Å²) in [6, 6.07) is 8.08. The van der Waals surface area contributed by atoms with Crippen LogP contribution in [0, 0.1) is 0 Å². The first-order valence-corrected chi connectivity index (χ1v) is 6.19. The van der Waals surface area contributed by atoms with Gasteiger partial charge in [-0.3, -0.25) is 4.90 Å². The molecule has 2 saturated heterocycles. The van der Waals surface area contributed by atoms with Crippen molar-refractivity contribution in [1.82, 2.24) is 4.90 Å². The number of ether oxygens (including phenoxy) is 1. The minimum atomic E-state index is 0.191. The number of nitrogens with zero attached hydrogens (tertiary/aromatic N) is 1. The van der Waals surface area contributed by atoms with Gasteiger partial charge in [-0.2, -0.15) is 0 Å².